The Morgan fingerprint density at radius 3 is 2.56 bits per heavy atom. The first kappa shape index (κ1) is 12.5. The van der Waals surface area contributed by atoms with Crippen LogP contribution < -0.4 is 4.74 Å². The van der Waals surface area contributed by atoms with Crippen molar-refractivity contribution in [2.24, 2.45) is 5.92 Å². The molecule has 4 heteroatoms. The monoisotopic (exact) mass is 224 g/mol. The second kappa shape index (κ2) is 5.51. The number of benzene rings is 1. The first-order valence-electron chi connectivity index (χ1n) is 5.14. The maximum Gasteiger partial charge on any atom is 0.335 e. The van der Waals surface area contributed by atoms with Gasteiger partial charge in [-0.3, -0.25) is 0 Å². The molecule has 0 heterocycles. The molecule has 0 aliphatic rings. The molecule has 0 radical (unpaired) electrons. The van der Waals surface area contributed by atoms with Crippen LogP contribution in [0.3, 0.4) is 0 Å². The van der Waals surface area contributed by atoms with Crippen LogP contribution in [0.5, 0.6) is 5.75 Å². The molecule has 1 aromatic rings. The van der Waals surface area contributed by atoms with Crippen molar-refractivity contribution < 1.29 is 19.7 Å². The summed E-state index contributed by atoms with van der Waals surface area (Å²) in [5, 5.41) is 17.9. The lowest BCUT2D eigenvalue weighted by Crippen LogP contribution is -2.06. The summed E-state index contributed by atoms with van der Waals surface area (Å²) in [5.74, 6) is -0.173. The predicted molar refractivity (Wildman–Crippen MR) is 59.7 cm³/mol. The SMILES string of the molecule is CC(C)COc1cc(CO)cc(C(=O)O)c1. The predicted octanol–water partition coefficient (Wildman–Crippen LogP) is 1.91. The number of carboxylic acid groups (broad SMARTS) is 1. The topological polar surface area (TPSA) is 66.8 Å². The van der Waals surface area contributed by atoms with Crippen molar-refractivity contribution in [1.29, 1.82) is 0 Å². The molecule has 0 atom stereocenters. The summed E-state index contributed by atoms with van der Waals surface area (Å²) in [6.45, 7) is 4.34. The first-order chi connectivity index (χ1) is 7.52. The van der Waals surface area contributed by atoms with E-state index in [1.807, 2.05) is 13.8 Å². The van der Waals surface area contributed by atoms with Gasteiger partial charge in [0.2, 0.25) is 0 Å². The van der Waals surface area contributed by atoms with Crippen LogP contribution in [0.15, 0.2) is 18.2 Å². The number of rotatable bonds is 5. The van der Waals surface area contributed by atoms with Gasteiger partial charge in [-0.05, 0) is 29.7 Å². The van der Waals surface area contributed by atoms with Gasteiger partial charge in [-0.15, -0.1) is 0 Å². The number of aromatic carboxylic acids is 1. The lowest BCUT2D eigenvalue weighted by Gasteiger charge is -2.10. The highest BCUT2D eigenvalue weighted by molar-refractivity contribution is 5.88. The Labute approximate surface area is 94.5 Å². The molecule has 1 rings (SSSR count). The Morgan fingerprint density at radius 2 is 2.06 bits per heavy atom. The van der Waals surface area contributed by atoms with Crippen LogP contribution in [0, 0.1) is 5.92 Å². The zero-order valence-electron chi connectivity index (χ0n) is 9.43. The molecule has 16 heavy (non-hydrogen) atoms. The molecule has 0 saturated carbocycles. The summed E-state index contributed by atoms with van der Waals surface area (Å²) in [7, 11) is 0. The summed E-state index contributed by atoms with van der Waals surface area (Å²) in [4.78, 5) is 10.8. The molecule has 0 spiro atoms. The highest BCUT2D eigenvalue weighted by Crippen LogP contribution is 2.18. The van der Waals surface area contributed by atoms with E-state index in [0.29, 0.717) is 23.8 Å². The quantitative estimate of drug-likeness (QED) is 0.801. The summed E-state index contributed by atoms with van der Waals surface area (Å²) in [6, 6.07) is 4.54. The van der Waals surface area contributed by atoms with Crippen LogP contribution >= 0.6 is 0 Å². The van der Waals surface area contributed by atoms with Crippen molar-refractivity contribution in [2.75, 3.05) is 6.61 Å². The van der Waals surface area contributed by atoms with Crippen LogP contribution in [0.4, 0.5) is 0 Å². The minimum absolute atomic E-state index is 0.130. The van der Waals surface area contributed by atoms with Crippen molar-refractivity contribution in [3.63, 3.8) is 0 Å². The van der Waals surface area contributed by atoms with Crippen LogP contribution in [-0.2, 0) is 6.61 Å². The van der Waals surface area contributed by atoms with Crippen LogP contribution in [0.25, 0.3) is 0 Å². The Hall–Kier alpha value is -1.55. The van der Waals surface area contributed by atoms with E-state index in [-0.39, 0.29) is 12.2 Å². The largest absolute Gasteiger partial charge is 0.493 e. The number of aliphatic hydroxyl groups is 1. The fourth-order valence-electron chi connectivity index (χ4n) is 1.22. The van der Waals surface area contributed by atoms with E-state index < -0.39 is 5.97 Å². The molecule has 88 valence electrons. The van der Waals surface area contributed by atoms with Gasteiger partial charge < -0.3 is 14.9 Å². The normalized spacial score (nSPS) is 10.5. The smallest absolute Gasteiger partial charge is 0.335 e. The fraction of sp³-hybridized carbons (Fsp3) is 0.417. The van der Waals surface area contributed by atoms with Gasteiger partial charge in [-0.25, -0.2) is 4.79 Å². The lowest BCUT2D eigenvalue weighted by molar-refractivity contribution is 0.0696. The highest BCUT2D eigenvalue weighted by Gasteiger charge is 2.08. The second-order valence-electron chi connectivity index (χ2n) is 4.03. The van der Waals surface area contributed by atoms with Crippen molar-refractivity contribution >= 4 is 5.97 Å². The number of aliphatic hydroxyl groups excluding tert-OH is 1. The number of ether oxygens (including phenoxy) is 1. The van der Waals surface area contributed by atoms with Gasteiger partial charge in [-0.2, -0.15) is 0 Å². The molecule has 0 aliphatic heterocycles. The Kier molecular flexibility index (Phi) is 4.31. The van der Waals surface area contributed by atoms with E-state index in [2.05, 4.69) is 0 Å². The molecule has 0 bridgehead atoms. The molecule has 0 unspecified atom stereocenters. The van der Waals surface area contributed by atoms with Crippen molar-refractivity contribution in [2.45, 2.75) is 20.5 Å². The molecule has 0 aliphatic carbocycles. The number of carboxylic acids is 1. The molecular weight excluding hydrogens is 208 g/mol. The average molecular weight is 224 g/mol. The van der Waals surface area contributed by atoms with E-state index in [9.17, 15) is 4.79 Å². The molecule has 0 amide bonds. The van der Waals surface area contributed by atoms with Gasteiger partial charge in [-0.1, -0.05) is 13.8 Å². The van der Waals surface area contributed by atoms with E-state index >= 15 is 0 Å². The Bertz CT molecular complexity index is 371. The second-order valence-corrected chi connectivity index (χ2v) is 4.03. The van der Waals surface area contributed by atoms with Gasteiger partial charge in [0, 0.05) is 0 Å². The molecule has 4 nitrogen and oxygen atoms in total. The summed E-state index contributed by atoms with van der Waals surface area (Å²) >= 11 is 0. The van der Waals surface area contributed by atoms with Gasteiger partial charge in [0.15, 0.2) is 0 Å². The molecular formula is C12H16O4. The van der Waals surface area contributed by atoms with Crippen molar-refractivity contribution in [1.82, 2.24) is 0 Å². The van der Waals surface area contributed by atoms with Crippen molar-refractivity contribution in [3.8, 4) is 5.75 Å². The third-order valence-electron chi connectivity index (χ3n) is 1.98. The molecule has 0 aromatic heterocycles. The summed E-state index contributed by atoms with van der Waals surface area (Å²) in [6.07, 6.45) is 0. The first-order valence-corrected chi connectivity index (χ1v) is 5.14. The van der Waals surface area contributed by atoms with Crippen LogP contribution in [0.1, 0.15) is 29.8 Å². The fourth-order valence-corrected chi connectivity index (χ4v) is 1.22. The Morgan fingerprint density at radius 1 is 1.38 bits per heavy atom. The number of hydrogen-bond acceptors (Lipinski definition) is 3. The summed E-state index contributed by atoms with van der Waals surface area (Å²) < 4.78 is 5.43. The van der Waals surface area contributed by atoms with Gasteiger partial charge in [0.1, 0.15) is 5.75 Å². The van der Waals surface area contributed by atoms with E-state index in [1.54, 1.807) is 6.07 Å². The lowest BCUT2D eigenvalue weighted by atomic mass is 10.1. The number of hydrogen-bond donors (Lipinski definition) is 2. The minimum atomic E-state index is -1.02. The Balaban J connectivity index is 2.90. The zero-order chi connectivity index (χ0) is 12.1. The summed E-state index contributed by atoms with van der Waals surface area (Å²) in [5.41, 5.74) is 0.670. The van der Waals surface area contributed by atoms with Crippen molar-refractivity contribution in [3.05, 3.63) is 29.3 Å². The van der Waals surface area contributed by atoms with E-state index in [0.717, 1.165) is 0 Å². The molecule has 2 N–H and O–H groups in total. The molecule has 1 aromatic carbocycles. The third kappa shape index (κ3) is 3.55. The van der Waals surface area contributed by atoms with Gasteiger partial charge in [0.25, 0.3) is 0 Å². The van der Waals surface area contributed by atoms with E-state index in [4.69, 9.17) is 14.9 Å². The molecule has 0 saturated heterocycles. The third-order valence-corrected chi connectivity index (χ3v) is 1.98. The average Bonchev–Trinajstić information content (AvgIpc) is 2.25. The van der Waals surface area contributed by atoms with Gasteiger partial charge in [0.05, 0.1) is 18.8 Å². The standard InChI is InChI=1S/C12H16O4/c1-8(2)7-16-11-4-9(6-13)3-10(5-11)12(14)15/h3-5,8,13H,6-7H2,1-2H3,(H,14,15). The highest BCUT2D eigenvalue weighted by atomic mass is 16.5. The van der Waals surface area contributed by atoms with Gasteiger partial charge >= 0.3 is 5.97 Å². The van der Waals surface area contributed by atoms with Crippen LogP contribution in [-0.4, -0.2) is 22.8 Å². The zero-order valence-corrected chi connectivity index (χ0v) is 9.43. The molecule has 0 fully saturated rings. The number of carbonyl (C=O) groups is 1. The minimum Gasteiger partial charge on any atom is -0.493 e. The maximum absolute atomic E-state index is 10.8. The van der Waals surface area contributed by atoms with E-state index in [1.165, 1.54) is 12.1 Å². The van der Waals surface area contributed by atoms with Crippen LogP contribution in [0.2, 0.25) is 0 Å². The maximum atomic E-state index is 10.8.